The van der Waals surface area contributed by atoms with Crippen molar-refractivity contribution in [2.24, 2.45) is 0 Å². The maximum Gasteiger partial charge on any atom is 0.326 e. The van der Waals surface area contributed by atoms with E-state index in [2.05, 4.69) is 5.32 Å². The lowest BCUT2D eigenvalue weighted by Gasteiger charge is -2.16. The Morgan fingerprint density at radius 2 is 2.29 bits per heavy atom. The van der Waals surface area contributed by atoms with E-state index in [0.717, 1.165) is 12.1 Å². The number of halogens is 2. The largest absolute Gasteiger partial charge is 0.480 e. The summed E-state index contributed by atoms with van der Waals surface area (Å²) in [6.45, 7) is 0.370. The van der Waals surface area contributed by atoms with Crippen molar-refractivity contribution in [1.82, 2.24) is 0 Å². The predicted octanol–water partition coefficient (Wildman–Crippen LogP) is 2.63. The number of carboxylic acid groups (broad SMARTS) is 1. The van der Waals surface area contributed by atoms with Crippen LogP contribution in [0.5, 0.6) is 0 Å². The van der Waals surface area contributed by atoms with Crippen LogP contribution in [0.3, 0.4) is 0 Å². The summed E-state index contributed by atoms with van der Waals surface area (Å²) < 4.78 is 18.5. The fourth-order valence-corrected chi connectivity index (χ4v) is 2.13. The molecule has 0 heterocycles. The van der Waals surface area contributed by atoms with Gasteiger partial charge in [-0.3, -0.25) is 10.1 Å². The second-order valence-corrected chi connectivity index (χ2v) is 5.37. The molecular weight excluding hydrogens is 398 g/mol. The van der Waals surface area contributed by atoms with Gasteiger partial charge in [0.25, 0.3) is 5.69 Å². The highest BCUT2D eigenvalue weighted by atomic mass is 127. The fourth-order valence-electron chi connectivity index (χ4n) is 1.68. The summed E-state index contributed by atoms with van der Waals surface area (Å²) in [7, 11) is 1.49. The second kappa shape index (κ2) is 8.08. The van der Waals surface area contributed by atoms with Crippen LogP contribution in [0.25, 0.3) is 0 Å². The van der Waals surface area contributed by atoms with Crippen LogP contribution in [-0.4, -0.2) is 35.8 Å². The summed E-state index contributed by atoms with van der Waals surface area (Å²) in [6.07, 6.45) is 0.662. The molecule has 0 aliphatic carbocycles. The number of rotatable bonds is 8. The monoisotopic (exact) mass is 412 g/mol. The molecule has 0 spiro atoms. The summed E-state index contributed by atoms with van der Waals surface area (Å²) in [5, 5.41) is 22.6. The zero-order valence-corrected chi connectivity index (χ0v) is 13.3. The van der Waals surface area contributed by atoms with Crippen molar-refractivity contribution in [2.75, 3.05) is 19.0 Å². The highest BCUT2D eigenvalue weighted by molar-refractivity contribution is 14.1. The Kier molecular flexibility index (Phi) is 6.75. The van der Waals surface area contributed by atoms with E-state index in [1.165, 1.54) is 7.11 Å². The third-order valence-corrected chi connectivity index (χ3v) is 3.53. The zero-order valence-electron chi connectivity index (χ0n) is 11.1. The summed E-state index contributed by atoms with van der Waals surface area (Å²) >= 11 is 1.63. The first-order valence-electron chi connectivity index (χ1n) is 5.98. The van der Waals surface area contributed by atoms with E-state index in [1.807, 2.05) is 0 Å². The molecule has 0 aliphatic rings. The van der Waals surface area contributed by atoms with E-state index in [1.54, 1.807) is 22.6 Å². The number of hydrogen-bond donors (Lipinski definition) is 2. The van der Waals surface area contributed by atoms with Crippen LogP contribution in [-0.2, 0) is 9.53 Å². The Labute approximate surface area is 133 Å². The van der Waals surface area contributed by atoms with Gasteiger partial charge in [-0.25, -0.2) is 9.18 Å². The molecule has 21 heavy (non-hydrogen) atoms. The smallest absolute Gasteiger partial charge is 0.326 e. The molecule has 116 valence electrons. The number of ether oxygens (including phenoxy) is 1. The first-order valence-corrected chi connectivity index (χ1v) is 7.06. The van der Waals surface area contributed by atoms with Crippen molar-refractivity contribution in [3.63, 3.8) is 0 Å². The first-order chi connectivity index (χ1) is 9.86. The summed E-state index contributed by atoms with van der Waals surface area (Å²) in [5.41, 5.74) is -0.512. The van der Waals surface area contributed by atoms with Gasteiger partial charge in [-0.05, 0) is 35.4 Å². The van der Waals surface area contributed by atoms with Crippen molar-refractivity contribution >= 4 is 39.9 Å². The molecule has 7 nitrogen and oxygen atoms in total. The number of nitrogens with one attached hydrogen (secondary N) is 1. The highest BCUT2D eigenvalue weighted by Crippen LogP contribution is 2.29. The maximum absolute atomic E-state index is 13.5. The standard InChI is InChI=1S/C12H14FIN2O5/c1-21-4-2-3-9(12(17)18)15-10-5-7(13)8(14)6-11(10)16(19)20/h5-6,9,15H,2-4H2,1H3,(H,17,18). The molecule has 9 heteroatoms. The molecule has 0 amide bonds. The molecule has 0 saturated heterocycles. The number of nitrogens with zero attached hydrogens (tertiary/aromatic N) is 1. The number of hydrogen-bond acceptors (Lipinski definition) is 5. The van der Waals surface area contributed by atoms with Gasteiger partial charge in [0, 0.05) is 25.8 Å². The number of nitro groups is 1. The van der Waals surface area contributed by atoms with Gasteiger partial charge >= 0.3 is 5.97 Å². The van der Waals surface area contributed by atoms with Crippen molar-refractivity contribution < 1.29 is 24.0 Å². The average molecular weight is 412 g/mol. The van der Waals surface area contributed by atoms with Gasteiger partial charge in [0.05, 0.1) is 8.49 Å². The number of methoxy groups -OCH3 is 1. The van der Waals surface area contributed by atoms with Gasteiger partial charge < -0.3 is 15.2 Å². The van der Waals surface area contributed by atoms with Gasteiger partial charge in [0.2, 0.25) is 0 Å². The molecule has 2 N–H and O–H groups in total. The van der Waals surface area contributed by atoms with Crippen LogP contribution in [0.15, 0.2) is 12.1 Å². The molecule has 0 saturated carbocycles. The molecule has 0 fully saturated rings. The number of anilines is 1. The molecule has 1 atom stereocenters. The quantitative estimate of drug-likeness (QED) is 0.295. The Balaban J connectivity index is 2.99. The first kappa shape index (κ1) is 17.6. The van der Waals surface area contributed by atoms with E-state index < -0.39 is 22.8 Å². The van der Waals surface area contributed by atoms with E-state index in [4.69, 9.17) is 9.84 Å². The lowest BCUT2D eigenvalue weighted by molar-refractivity contribution is -0.384. The van der Waals surface area contributed by atoms with Gasteiger partial charge in [-0.2, -0.15) is 0 Å². The second-order valence-electron chi connectivity index (χ2n) is 4.21. The third kappa shape index (κ3) is 5.08. The molecule has 1 unspecified atom stereocenters. The van der Waals surface area contributed by atoms with Crippen LogP contribution in [0.1, 0.15) is 12.8 Å². The predicted molar refractivity (Wildman–Crippen MR) is 81.9 cm³/mol. The number of carbonyl (C=O) groups is 1. The SMILES string of the molecule is COCCCC(Nc1cc(F)c(I)cc1[N+](=O)[O-])C(=O)O. The van der Waals surface area contributed by atoms with Crippen molar-refractivity contribution in [2.45, 2.75) is 18.9 Å². The van der Waals surface area contributed by atoms with Gasteiger partial charge in [0.1, 0.15) is 17.5 Å². The molecule has 0 bridgehead atoms. The molecule has 1 aromatic carbocycles. The average Bonchev–Trinajstić information content (AvgIpc) is 2.41. The molecule has 0 aliphatic heterocycles. The molecule has 0 aromatic heterocycles. The molecule has 1 aromatic rings. The Hall–Kier alpha value is -1.49. The number of nitro benzene ring substituents is 1. The Morgan fingerprint density at radius 3 is 2.81 bits per heavy atom. The summed E-state index contributed by atoms with van der Waals surface area (Å²) in [4.78, 5) is 21.4. The van der Waals surface area contributed by atoms with Gasteiger partial charge in [-0.1, -0.05) is 0 Å². The Morgan fingerprint density at radius 1 is 1.62 bits per heavy atom. The van der Waals surface area contributed by atoms with Crippen LogP contribution in [0, 0.1) is 19.5 Å². The number of benzene rings is 1. The van der Waals surface area contributed by atoms with Gasteiger partial charge in [0.15, 0.2) is 0 Å². The lowest BCUT2D eigenvalue weighted by Crippen LogP contribution is -2.30. The lowest BCUT2D eigenvalue weighted by atomic mass is 10.1. The van der Waals surface area contributed by atoms with Crippen molar-refractivity contribution in [3.8, 4) is 0 Å². The van der Waals surface area contributed by atoms with E-state index in [9.17, 15) is 19.3 Å². The minimum atomic E-state index is -1.17. The van der Waals surface area contributed by atoms with Crippen LogP contribution < -0.4 is 5.32 Å². The molecule has 1 rings (SSSR count). The fraction of sp³-hybridized carbons (Fsp3) is 0.417. The van der Waals surface area contributed by atoms with Crippen molar-refractivity contribution in [3.05, 3.63) is 31.6 Å². The molecular formula is C12H14FIN2O5. The maximum atomic E-state index is 13.5. The van der Waals surface area contributed by atoms with Crippen LogP contribution >= 0.6 is 22.6 Å². The van der Waals surface area contributed by atoms with Crippen LogP contribution in [0.2, 0.25) is 0 Å². The zero-order chi connectivity index (χ0) is 16.0. The Bertz CT molecular complexity index is 541. The number of carboxylic acids is 1. The van der Waals surface area contributed by atoms with Crippen molar-refractivity contribution in [1.29, 1.82) is 0 Å². The highest BCUT2D eigenvalue weighted by Gasteiger charge is 2.23. The van der Waals surface area contributed by atoms with Crippen LogP contribution in [0.4, 0.5) is 15.8 Å². The van der Waals surface area contributed by atoms with E-state index >= 15 is 0 Å². The van der Waals surface area contributed by atoms with Gasteiger partial charge in [-0.15, -0.1) is 0 Å². The number of aliphatic carboxylic acids is 1. The minimum absolute atomic E-state index is 0.0936. The van der Waals surface area contributed by atoms with E-state index in [0.29, 0.717) is 13.0 Å². The summed E-state index contributed by atoms with van der Waals surface area (Å²) in [6, 6.07) is 0.941. The normalized spacial score (nSPS) is 12.0. The topological polar surface area (TPSA) is 102 Å². The minimum Gasteiger partial charge on any atom is -0.480 e. The third-order valence-electron chi connectivity index (χ3n) is 2.70. The summed E-state index contributed by atoms with van der Waals surface area (Å²) in [5.74, 6) is -1.82. The molecule has 0 radical (unpaired) electrons. The van der Waals surface area contributed by atoms with E-state index in [-0.39, 0.29) is 21.4 Å².